The smallest absolute Gasteiger partial charge is 0.241 e. The van der Waals surface area contributed by atoms with E-state index in [0.717, 1.165) is 19.3 Å². The quantitative estimate of drug-likeness (QED) is 0.883. The van der Waals surface area contributed by atoms with E-state index in [2.05, 4.69) is 10.0 Å². The number of halogens is 1. The number of amides is 1. The second-order valence-corrected chi connectivity index (χ2v) is 8.22. The third kappa shape index (κ3) is 2.64. The van der Waals surface area contributed by atoms with Crippen molar-refractivity contribution in [2.45, 2.75) is 55.5 Å². The van der Waals surface area contributed by atoms with Gasteiger partial charge in [-0.3, -0.25) is 4.79 Å². The molecule has 1 heterocycles. The third-order valence-corrected chi connectivity index (χ3v) is 6.79. The topological polar surface area (TPSA) is 75.3 Å². The highest BCUT2D eigenvalue weighted by Crippen LogP contribution is 2.39. The molecule has 0 radical (unpaired) electrons. The summed E-state index contributed by atoms with van der Waals surface area (Å²) in [7, 11) is -3.66. The lowest BCUT2D eigenvalue weighted by Gasteiger charge is -2.50. The molecule has 1 aromatic rings. The van der Waals surface area contributed by atoms with Crippen LogP contribution in [0.1, 0.15) is 37.7 Å². The number of hydrogen-bond donors (Lipinski definition) is 2. The zero-order chi connectivity index (χ0) is 16.0. The highest BCUT2D eigenvalue weighted by molar-refractivity contribution is 7.89. The summed E-state index contributed by atoms with van der Waals surface area (Å²) in [5, 5.41) is 3.42. The van der Waals surface area contributed by atoms with Gasteiger partial charge in [0.1, 0.15) is 0 Å². The monoisotopic (exact) mass is 342 g/mol. The van der Waals surface area contributed by atoms with Gasteiger partial charge in [-0.15, -0.1) is 0 Å². The largest absolute Gasteiger partial charge is 0.349 e. The number of carbonyl (C=O) groups is 1. The van der Waals surface area contributed by atoms with Gasteiger partial charge in [0.15, 0.2) is 0 Å². The summed E-state index contributed by atoms with van der Waals surface area (Å²) >= 11 is 6.03. The molecule has 1 aromatic carbocycles. The summed E-state index contributed by atoms with van der Waals surface area (Å²) in [6, 6.07) is 4.59. The molecular weight excluding hydrogens is 324 g/mol. The van der Waals surface area contributed by atoms with E-state index in [1.165, 1.54) is 0 Å². The van der Waals surface area contributed by atoms with Crippen LogP contribution in [0.25, 0.3) is 0 Å². The summed E-state index contributed by atoms with van der Waals surface area (Å²) in [4.78, 5) is 11.8. The molecule has 0 bridgehead atoms. The highest BCUT2D eigenvalue weighted by Gasteiger charge is 2.49. The van der Waals surface area contributed by atoms with Crippen LogP contribution in [-0.2, 0) is 14.8 Å². The molecule has 1 spiro atoms. The molecule has 1 amide bonds. The molecule has 120 valence electrons. The number of sulfonamides is 1. The average Bonchev–Trinajstić information content (AvgIpc) is 2.41. The SMILES string of the molecule is Cc1c(Cl)cccc1S(=O)(=O)N[C@H]1CCC(=O)NC12CCC2. The van der Waals surface area contributed by atoms with Crippen molar-refractivity contribution in [1.29, 1.82) is 0 Å². The van der Waals surface area contributed by atoms with Gasteiger partial charge in [0.2, 0.25) is 15.9 Å². The highest BCUT2D eigenvalue weighted by atomic mass is 35.5. The Kier molecular flexibility index (Phi) is 3.95. The molecule has 2 fully saturated rings. The van der Waals surface area contributed by atoms with Crippen LogP contribution in [0.5, 0.6) is 0 Å². The van der Waals surface area contributed by atoms with Crippen molar-refractivity contribution < 1.29 is 13.2 Å². The fraction of sp³-hybridized carbons (Fsp3) is 0.533. The van der Waals surface area contributed by atoms with E-state index in [-0.39, 0.29) is 16.8 Å². The van der Waals surface area contributed by atoms with Crippen molar-refractivity contribution in [1.82, 2.24) is 10.0 Å². The Morgan fingerprint density at radius 2 is 2.09 bits per heavy atom. The Morgan fingerprint density at radius 1 is 1.36 bits per heavy atom. The molecule has 1 aliphatic heterocycles. The summed E-state index contributed by atoms with van der Waals surface area (Å²) in [6.07, 6.45) is 3.53. The molecule has 0 unspecified atom stereocenters. The van der Waals surface area contributed by atoms with Crippen LogP contribution < -0.4 is 10.0 Å². The Morgan fingerprint density at radius 3 is 2.73 bits per heavy atom. The second kappa shape index (κ2) is 5.51. The van der Waals surface area contributed by atoms with Gasteiger partial charge in [-0.05, 0) is 50.3 Å². The van der Waals surface area contributed by atoms with Crippen LogP contribution in [0.2, 0.25) is 5.02 Å². The first-order valence-electron chi connectivity index (χ1n) is 7.42. The number of piperidine rings is 1. The van der Waals surface area contributed by atoms with Gasteiger partial charge in [-0.1, -0.05) is 17.7 Å². The lowest BCUT2D eigenvalue weighted by atomic mass is 9.68. The molecular formula is C15H19ClN2O3S. The minimum atomic E-state index is -3.66. The van der Waals surface area contributed by atoms with E-state index in [1.54, 1.807) is 25.1 Å². The zero-order valence-corrected chi connectivity index (χ0v) is 13.9. The number of hydrogen-bond acceptors (Lipinski definition) is 3. The number of carbonyl (C=O) groups excluding carboxylic acids is 1. The van der Waals surface area contributed by atoms with Gasteiger partial charge in [-0.25, -0.2) is 13.1 Å². The standard InChI is InChI=1S/C15H19ClN2O3S/c1-10-11(16)4-2-5-12(10)22(20,21)18-13-6-7-14(19)17-15(13)8-3-9-15/h2,4-5,13,18H,3,6-9H2,1H3,(H,17,19)/t13-/m0/s1. The van der Waals surface area contributed by atoms with E-state index in [0.29, 0.717) is 23.4 Å². The molecule has 1 saturated carbocycles. The Labute approximate surface area is 135 Å². The Balaban J connectivity index is 1.88. The maximum absolute atomic E-state index is 12.7. The summed E-state index contributed by atoms with van der Waals surface area (Å²) in [6.45, 7) is 1.69. The predicted molar refractivity (Wildman–Crippen MR) is 84.3 cm³/mol. The van der Waals surface area contributed by atoms with Crippen LogP contribution in [0.15, 0.2) is 23.1 Å². The summed E-state index contributed by atoms with van der Waals surface area (Å²) in [5.41, 5.74) is 0.133. The fourth-order valence-corrected chi connectivity index (χ4v) is 5.16. The van der Waals surface area contributed by atoms with Gasteiger partial charge >= 0.3 is 0 Å². The van der Waals surface area contributed by atoms with Gasteiger partial charge in [0.25, 0.3) is 0 Å². The number of benzene rings is 1. The van der Waals surface area contributed by atoms with Crippen molar-refractivity contribution in [2.24, 2.45) is 0 Å². The minimum absolute atomic E-state index is 0.00841. The van der Waals surface area contributed by atoms with E-state index < -0.39 is 15.6 Å². The number of rotatable bonds is 3. The molecule has 22 heavy (non-hydrogen) atoms. The van der Waals surface area contributed by atoms with Crippen molar-refractivity contribution >= 4 is 27.5 Å². The molecule has 2 N–H and O–H groups in total. The van der Waals surface area contributed by atoms with E-state index in [4.69, 9.17) is 11.6 Å². The number of nitrogens with one attached hydrogen (secondary N) is 2. The molecule has 1 atom stereocenters. The average molecular weight is 343 g/mol. The molecule has 1 aliphatic carbocycles. The Hall–Kier alpha value is -1.11. The normalized spacial score (nSPS) is 23.9. The van der Waals surface area contributed by atoms with Crippen LogP contribution in [-0.4, -0.2) is 25.9 Å². The van der Waals surface area contributed by atoms with Gasteiger partial charge in [-0.2, -0.15) is 0 Å². The van der Waals surface area contributed by atoms with Gasteiger partial charge < -0.3 is 5.32 Å². The third-order valence-electron chi connectivity index (χ3n) is 4.77. The first-order valence-corrected chi connectivity index (χ1v) is 9.29. The van der Waals surface area contributed by atoms with Gasteiger partial charge in [0.05, 0.1) is 10.4 Å². The van der Waals surface area contributed by atoms with E-state index in [9.17, 15) is 13.2 Å². The first-order chi connectivity index (χ1) is 10.3. The fourth-order valence-electron chi connectivity index (χ4n) is 3.31. The van der Waals surface area contributed by atoms with Crippen molar-refractivity contribution in [3.8, 4) is 0 Å². The molecule has 1 saturated heterocycles. The van der Waals surface area contributed by atoms with Crippen LogP contribution >= 0.6 is 11.6 Å². The molecule has 0 aromatic heterocycles. The molecule has 3 rings (SSSR count). The molecule has 5 nitrogen and oxygen atoms in total. The maximum atomic E-state index is 12.7. The second-order valence-electron chi connectivity index (χ2n) is 6.13. The van der Waals surface area contributed by atoms with Crippen molar-refractivity contribution in [3.05, 3.63) is 28.8 Å². The first kappa shape index (κ1) is 15.8. The summed E-state index contributed by atoms with van der Waals surface area (Å²) in [5.74, 6) is 0.00841. The lowest BCUT2D eigenvalue weighted by molar-refractivity contribution is -0.127. The minimum Gasteiger partial charge on any atom is -0.349 e. The van der Waals surface area contributed by atoms with Crippen LogP contribution in [0, 0.1) is 6.92 Å². The zero-order valence-electron chi connectivity index (χ0n) is 12.4. The van der Waals surface area contributed by atoms with E-state index in [1.807, 2.05) is 0 Å². The van der Waals surface area contributed by atoms with Crippen LogP contribution in [0.3, 0.4) is 0 Å². The molecule has 7 heteroatoms. The Bertz CT molecular complexity index is 713. The molecule has 2 aliphatic rings. The van der Waals surface area contributed by atoms with Crippen molar-refractivity contribution in [3.63, 3.8) is 0 Å². The summed E-state index contributed by atoms with van der Waals surface area (Å²) < 4.78 is 28.2. The van der Waals surface area contributed by atoms with E-state index >= 15 is 0 Å². The van der Waals surface area contributed by atoms with Gasteiger partial charge in [0, 0.05) is 17.5 Å². The maximum Gasteiger partial charge on any atom is 0.241 e. The lowest BCUT2D eigenvalue weighted by Crippen LogP contribution is -2.68. The predicted octanol–water partition coefficient (Wildman–Crippen LogP) is 2.13. The van der Waals surface area contributed by atoms with Crippen LogP contribution in [0.4, 0.5) is 0 Å². The van der Waals surface area contributed by atoms with Crippen molar-refractivity contribution in [2.75, 3.05) is 0 Å².